The van der Waals surface area contributed by atoms with E-state index in [4.69, 9.17) is 21.6 Å². The van der Waals surface area contributed by atoms with Crippen molar-refractivity contribution in [2.45, 2.75) is 24.3 Å². The second kappa shape index (κ2) is 10.4. The van der Waals surface area contributed by atoms with Crippen LogP contribution in [0.3, 0.4) is 0 Å². The van der Waals surface area contributed by atoms with Gasteiger partial charge in [0.25, 0.3) is 5.91 Å². The number of esters is 1. The summed E-state index contributed by atoms with van der Waals surface area (Å²) in [7, 11) is -3.82. The Morgan fingerprint density at radius 2 is 1.82 bits per heavy atom. The molecule has 3 rings (SSSR count). The Bertz CT molecular complexity index is 1350. The van der Waals surface area contributed by atoms with Gasteiger partial charge in [-0.1, -0.05) is 41.9 Å². The van der Waals surface area contributed by atoms with E-state index in [-0.39, 0.29) is 28.4 Å². The lowest BCUT2D eigenvalue weighted by molar-refractivity contribution is -0.152. The van der Waals surface area contributed by atoms with E-state index in [1.54, 1.807) is 12.1 Å². The Morgan fingerprint density at radius 3 is 2.52 bits per heavy atom. The van der Waals surface area contributed by atoms with Gasteiger partial charge in [-0.25, -0.2) is 13.1 Å². The lowest BCUT2D eigenvalue weighted by atomic mass is 10.1. The van der Waals surface area contributed by atoms with Gasteiger partial charge in [-0.05, 0) is 48.0 Å². The quantitative estimate of drug-likeness (QED) is 0.469. The van der Waals surface area contributed by atoms with Gasteiger partial charge in [0.05, 0.1) is 21.9 Å². The zero-order valence-electron chi connectivity index (χ0n) is 17.5. The number of sulfonamides is 1. The zero-order chi connectivity index (χ0) is 24.0. The largest absolute Gasteiger partial charge is 0.452 e. The zero-order valence-corrected chi connectivity index (χ0v) is 19.1. The Hall–Kier alpha value is -3.45. The van der Waals surface area contributed by atoms with Crippen molar-refractivity contribution in [1.82, 2.24) is 4.72 Å². The van der Waals surface area contributed by atoms with Crippen LogP contribution in [0.1, 0.15) is 18.9 Å². The summed E-state index contributed by atoms with van der Waals surface area (Å²) in [6.45, 7) is 1.20. The van der Waals surface area contributed by atoms with Crippen molar-refractivity contribution in [3.8, 4) is 6.07 Å². The number of carbonyl (C=O) groups is 2. The van der Waals surface area contributed by atoms with Crippen LogP contribution in [0, 0.1) is 11.3 Å². The first-order chi connectivity index (χ1) is 15.7. The molecule has 8 nitrogen and oxygen atoms in total. The van der Waals surface area contributed by atoms with E-state index in [0.717, 1.165) is 10.8 Å². The molecule has 0 aliphatic carbocycles. The van der Waals surface area contributed by atoms with Crippen LogP contribution in [0.15, 0.2) is 65.6 Å². The van der Waals surface area contributed by atoms with Crippen molar-refractivity contribution in [2.24, 2.45) is 0 Å². The molecule has 1 unspecified atom stereocenters. The summed E-state index contributed by atoms with van der Waals surface area (Å²) in [6.07, 6.45) is -1.38. The van der Waals surface area contributed by atoms with Crippen molar-refractivity contribution in [3.05, 3.63) is 71.2 Å². The van der Waals surface area contributed by atoms with Crippen LogP contribution in [-0.4, -0.2) is 32.9 Å². The van der Waals surface area contributed by atoms with Gasteiger partial charge in [0.1, 0.15) is 6.07 Å². The van der Waals surface area contributed by atoms with Crippen molar-refractivity contribution < 1.29 is 22.7 Å². The SMILES string of the molecule is CC(OC(=O)CCNS(=O)(=O)c1ccc2ccccc2c1)C(=O)Nc1ccc(C#N)c(Cl)c1. The normalized spacial score (nSPS) is 12.0. The summed E-state index contributed by atoms with van der Waals surface area (Å²) in [4.78, 5) is 24.4. The average molecular weight is 486 g/mol. The number of hydrogen-bond acceptors (Lipinski definition) is 6. The number of nitrogens with one attached hydrogen (secondary N) is 2. The fourth-order valence-electron chi connectivity index (χ4n) is 2.94. The summed E-state index contributed by atoms with van der Waals surface area (Å²) in [5.74, 6) is -1.34. The van der Waals surface area contributed by atoms with Crippen molar-refractivity contribution in [2.75, 3.05) is 11.9 Å². The van der Waals surface area contributed by atoms with Crippen LogP contribution in [0.4, 0.5) is 5.69 Å². The number of nitrogens with zero attached hydrogens (tertiary/aromatic N) is 1. The number of benzene rings is 3. The maximum atomic E-state index is 12.5. The number of hydrogen-bond donors (Lipinski definition) is 2. The smallest absolute Gasteiger partial charge is 0.307 e. The molecular weight excluding hydrogens is 466 g/mol. The first-order valence-electron chi connectivity index (χ1n) is 9.88. The minimum absolute atomic E-state index is 0.0865. The van der Waals surface area contributed by atoms with Crippen LogP contribution in [0.2, 0.25) is 5.02 Å². The lowest BCUT2D eigenvalue weighted by Gasteiger charge is -2.14. The third kappa shape index (κ3) is 6.29. The van der Waals surface area contributed by atoms with Gasteiger partial charge >= 0.3 is 5.97 Å². The molecule has 0 aliphatic heterocycles. The molecule has 0 saturated carbocycles. The molecule has 0 heterocycles. The number of nitriles is 1. The second-order valence-corrected chi connectivity index (χ2v) is 9.26. The minimum atomic E-state index is -3.82. The molecule has 0 spiro atoms. The number of halogens is 1. The van der Waals surface area contributed by atoms with Crippen molar-refractivity contribution in [1.29, 1.82) is 5.26 Å². The standard InChI is InChI=1S/C23H20ClN3O5S/c1-15(23(29)27-19-8-6-18(14-25)21(24)13-19)32-22(28)10-11-26-33(30,31)20-9-7-16-4-2-3-5-17(16)12-20/h2-9,12-13,15,26H,10-11H2,1H3,(H,27,29). The van der Waals surface area contributed by atoms with Crippen LogP contribution >= 0.6 is 11.6 Å². The average Bonchev–Trinajstić information content (AvgIpc) is 2.78. The highest BCUT2D eigenvalue weighted by Gasteiger charge is 2.20. The first-order valence-corrected chi connectivity index (χ1v) is 11.7. The fraction of sp³-hybridized carbons (Fsp3) is 0.174. The molecule has 170 valence electrons. The molecular formula is C23H20ClN3O5S. The second-order valence-electron chi connectivity index (χ2n) is 7.08. The fourth-order valence-corrected chi connectivity index (χ4v) is 4.23. The summed E-state index contributed by atoms with van der Waals surface area (Å²) in [5, 5.41) is 13.3. The molecule has 0 saturated heterocycles. The first kappa shape index (κ1) is 24.2. The summed E-state index contributed by atoms with van der Waals surface area (Å²) >= 11 is 5.93. The molecule has 3 aromatic rings. The molecule has 2 N–H and O–H groups in total. The highest BCUT2D eigenvalue weighted by Crippen LogP contribution is 2.21. The number of fused-ring (bicyclic) bond motifs is 1. The number of anilines is 1. The molecule has 1 atom stereocenters. The predicted octanol–water partition coefficient (Wildman–Crippen LogP) is 3.60. The Kier molecular flexibility index (Phi) is 7.66. The number of carbonyl (C=O) groups excluding carboxylic acids is 2. The number of rotatable bonds is 8. The summed E-state index contributed by atoms with van der Waals surface area (Å²) < 4.78 is 32.4. The topological polar surface area (TPSA) is 125 Å². The third-order valence-corrected chi connectivity index (χ3v) is 6.46. The van der Waals surface area contributed by atoms with Gasteiger partial charge in [0.15, 0.2) is 6.10 Å². The Labute approximate surface area is 196 Å². The molecule has 10 heteroatoms. The molecule has 1 amide bonds. The Balaban J connectivity index is 1.50. The van der Waals surface area contributed by atoms with Crippen LogP contribution in [0.5, 0.6) is 0 Å². The number of ether oxygens (including phenoxy) is 1. The molecule has 0 bridgehead atoms. The predicted molar refractivity (Wildman–Crippen MR) is 124 cm³/mol. The van der Waals surface area contributed by atoms with Gasteiger partial charge in [-0.2, -0.15) is 5.26 Å². The van der Waals surface area contributed by atoms with Crippen LogP contribution in [-0.2, 0) is 24.3 Å². The molecule has 33 heavy (non-hydrogen) atoms. The third-order valence-electron chi connectivity index (χ3n) is 4.69. The highest BCUT2D eigenvalue weighted by molar-refractivity contribution is 7.89. The number of amides is 1. The summed E-state index contributed by atoms with van der Waals surface area (Å²) in [5.41, 5.74) is 0.607. The van der Waals surface area contributed by atoms with E-state index in [1.165, 1.54) is 31.2 Å². The van der Waals surface area contributed by atoms with Crippen LogP contribution < -0.4 is 10.0 Å². The van der Waals surface area contributed by atoms with Gasteiger partial charge in [-0.3, -0.25) is 9.59 Å². The van der Waals surface area contributed by atoms with Gasteiger partial charge < -0.3 is 10.1 Å². The van der Waals surface area contributed by atoms with Gasteiger partial charge in [0, 0.05) is 12.2 Å². The summed E-state index contributed by atoms with van der Waals surface area (Å²) in [6, 6.07) is 18.4. The van der Waals surface area contributed by atoms with Gasteiger partial charge in [-0.15, -0.1) is 0 Å². The molecule has 0 fully saturated rings. The van der Waals surface area contributed by atoms with Crippen molar-refractivity contribution >= 4 is 50.0 Å². The molecule has 3 aromatic carbocycles. The van der Waals surface area contributed by atoms with E-state index in [1.807, 2.05) is 30.3 Å². The molecule has 0 aliphatic rings. The lowest BCUT2D eigenvalue weighted by Crippen LogP contribution is -2.32. The van der Waals surface area contributed by atoms with E-state index in [2.05, 4.69) is 10.0 Å². The molecule has 0 aromatic heterocycles. The highest BCUT2D eigenvalue weighted by atomic mass is 35.5. The molecule has 0 radical (unpaired) electrons. The minimum Gasteiger partial charge on any atom is -0.452 e. The van der Waals surface area contributed by atoms with E-state index < -0.39 is 28.0 Å². The van der Waals surface area contributed by atoms with E-state index >= 15 is 0 Å². The van der Waals surface area contributed by atoms with Gasteiger partial charge in [0.2, 0.25) is 10.0 Å². The van der Waals surface area contributed by atoms with Crippen molar-refractivity contribution in [3.63, 3.8) is 0 Å². The van der Waals surface area contributed by atoms with E-state index in [9.17, 15) is 18.0 Å². The maximum Gasteiger partial charge on any atom is 0.307 e. The monoisotopic (exact) mass is 485 g/mol. The maximum absolute atomic E-state index is 12.5. The Morgan fingerprint density at radius 1 is 1.09 bits per heavy atom. The van der Waals surface area contributed by atoms with E-state index in [0.29, 0.717) is 5.69 Å². The van der Waals surface area contributed by atoms with Crippen LogP contribution in [0.25, 0.3) is 10.8 Å².